The van der Waals surface area contributed by atoms with Crippen LogP contribution >= 0.6 is 7.60 Å². The number of rotatable bonds is 14. The average Bonchev–Trinajstić information content (AvgIpc) is 3.29. The Morgan fingerprint density at radius 3 is 2.60 bits per heavy atom. The van der Waals surface area contributed by atoms with Crippen LogP contribution in [0.25, 0.3) is 0 Å². The number of hydrogen-bond acceptors (Lipinski definition) is 5. The fourth-order valence-electron chi connectivity index (χ4n) is 9.60. The summed E-state index contributed by atoms with van der Waals surface area (Å²) in [5.74, 6) is 4.97. The monoisotopic (exact) mass is 609 g/mol. The molecule has 4 aliphatic rings. The van der Waals surface area contributed by atoms with E-state index >= 15 is 0 Å². The highest BCUT2D eigenvalue weighted by Gasteiger charge is 2.59. The van der Waals surface area contributed by atoms with Gasteiger partial charge in [-0.3, -0.25) is 4.57 Å². The minimum atomic E-state index is -3.48. The van der Waals surface area contributed by atoms with Crippen LogP contribution in [0.15, 0.2) is 11.6 Å². The lowest BCUT2D eigenvalue weighted by Crippen LogP contribution is -2.51. The van der Waals surface area contributed by atoms with E-state index in [4.69, 9.17) is 14.0 Å². The quantitative estimate of drug-likeness (QED) is 0.117. The van der Waals surface area contributed by atoms with Crippen molar-refractivity contribution in [2.24, 2.45) is 46.3 Å². The molecule has 4 aliphatic carbocycles. The average molecular weight is 610 g/mol. The number of fused-ring (bicyclic) bond motifs is 5. The molecule has 4 rings (SSSR count). The zero-order chi connectivity index (χ0) is 30.5. The van der Waals surface area contributed by atoms with Crippen molar-refractivity contribution in [3.8, 4) is 0 Å². The molecule has 0 aromatic rings. The van der Waals surface area contributed by atoms with E-state index in [9.17, 15) is 14.3 Å². The zero-order valence-corrected chi connectivity index (χ0v) is 28.3. The van der Waals surface area contributed by atoms with Gasteiger partial charge in [-0.25, -0.2) is 4.79 Å². The second-order valence-electron chi connectivity index (χ2n) is 14.9. The smallest absolute Gasteiger partial charge is 0.407 e. The SMILES string of the molecule is CCP(=O)(O)OCCOCCNC(=O)OC1CCC2(C)C(=CCC3C2CCC2(C)C(C(C)CCCC(C)C)CCC32)C1. The van der Waals surface area contributed by atoms with Crippen molar-refractivity contribution in [1.29, 1.82) is 0 Å². The molecule has 7 nitrogen and oxygen atoms in total. The molecule has 9 unspecified atom stereocenters. The molecule has 1 amide bonds. The Hall–Kier alpha value is -0.880. The fourth-order valence-corrected chi connectivity index (χ4v) is 10.1. The van der Waals surface area contributed by atoms with Crippen LogP contribution in [0, 0.1) is 46.3 Å². The summed E-state index contributed by atoms with van der Waals surface area (Å²) in [5.41, 5.74) is 2.28. The normalized spacial score (nSPS) is 36.3. The molecule has 2 N–H and O–H groups in total. The van der Waals surface area contributed by atoms with Gasteiger partial charge in [0.25, 0.3) is 0 Å². The van der Waals surface area contributed by atoms with Gasteiger partial charge in [-0.15, -0.1) is 0 Å². The van der Waals surface area contributed by atoms with Crippen LogP contribution in [0.5, 0.6) is 0 Å². The van der Waals surface area contributed by atoms with Crippen LogP contribution in [-0.4, -0.2) is 49.6 Å². The summed E-state index contributed by atoms with van der Waals surface area (Å²) in [6.45, 7) is 14.9. The molecule has 0 saturated heterocycles. The molecule has 0 bridgehead atoms. The van der Waals surface area contributed by atoms with Crippen molar-refractivity contribution in [2.45, 2.75) is 118 Å². The molecule has 9 atom stereocenters. The molecule has 3 fully saturated rings. The van der Waals surface area contributed by atoms with Gasteiger partial charge < -0.3 is 24.2 Å². The predicted molar refractivity (Wildman–Crippen MR) is 168 cm³/mol. The number of ether oxygens (including phenoxy) is 2. The second kappa shape index (κ2) is 14.5. The first-order valence-corrected chi connectivity index (χ1v) is 18.8. The first-order valence-electron chi connectivity index (χ1n) is 17.1. The van der Waals surface area contributed by atoms with Gasteiger partial charge in [-0.05, 0) is 91.3 Å². The van der Waals surface area contributed by atoms with Gasteiger partial charge in [0.15, 0.2) is 0 Å². The lowest BCUT2D eigenvalue weighted by molar-refractivity contribution is -0.0581. The Labute approximate surface area is 255 Å². The van der Waals surface area contributed by atoms with Crippen LogP contribution in [0.4, 0.5) is 4.79 Å². The third kappa shape index (κ3) is 7.85. The van der Waals surface area contributed by atoms with E-state index in [1.807, 2.05) is 0 Å². The summed E-state index contributed by atoms with van der Waals surface area (Å²) in [4.78, 5) is 21.9. The summed E-state index contributed by atoms with van der Waals surface area (Å²) in [7, 11) is -3.48. The highest BCUT2D eigenvalue weighted by atomic mass is 31.2. The molecule has 3 saturated carbocycles. The lowest BCUT2D eigenvalue weighted by atomic mass is 9.47. The topological polar surface area (TPSA) is 94.1 Å². The number of hydrogen-bond donors (Lipinski definition) is 2. The molecule has 0 aromatic heterocycles. The summed E-state index contributed by atoms with van der Waals surface area (Å²) >= 11 is 0. The number of carbonyl (C=O) groups excluding carboxylic acids is 1. The maximum Gasteiger partial charge on any atom is 0.407 e. The van der Waals surface area contributed by atoms with Gasteiger partial charge >= 0.3 is 13.7 Å². The van der Waals surface area contributed by atoms with Crippen molar-refractivity contribution in [3.63, 3.8) is 0 Å². The first kappa shape index (κ1) is 34.0. The number of nitrogens with one attached hydrogen (secondary N) is 1. The van der Waals surface area contributed by atoms with E-state index in [2.05, 4.69) is 46.0 Å². The van der Waals surface area contributed by atoms with E-state index < -0.39 is 13.7 Å². The number of carbonyl (C=O) groups is 1. The minimum Gasteiger partial charge on any atom is -0.446 e. The first-order chi connectivity index (χ1) is 19.9. The molecule has 0 aromatic carbocycles. The summed E-state index contributed by atoms with van der Waals surface area (Å²) < 4.78 is 27.6. The fraction of sp³-hybridized carbons (Fsp3) is 0.912. The van der Waals surface area contributed by atoms with E-state index in [-0.39, 0.29) is 30.9 Å². The maximum atomic E-state index is 12.5. The van der Waals surface area contributed by atoms with Crippen molar-refractivity contribution >= 4 is 13.7 Å². The zero-order valence-electron chi connectivity index (χ0n) is 27.4. The molecule has 0 aliphatic heterocycles. The Balaban J connectivity index is 1.24. The third-order valence-electron chi connectivity index (χ3n) is 12.0. The van der Waals surface area contributed by atoms with E-state index in [1.54, 1.807) is 6.92 Å². The Kier molecular flexibility index (Phi) is 11.7. The van der Waals surface area contributed by atoms with Crippen molar-refractivity contribution in [1.82, 2.24) is 5.32 Å². The highest BCUT2D eigenvalue weighted by molar-refractivity contribution is 7.52. The maximum absolute atomic E-state index is 12.5. The molecule has 0 radical (unpaired) electrons. The number of amides is 1. The van der Waals surface area contributed by atoms with Crippen LogP contribution in [-0.2, 0) is 18.6 Å². The molecular weight excluding hydrogens is 549 g/mol. The van der Waals surface area contributed by atoms with Crippen molar-refractivity contribution < 1.29 is 28.3 Å². The van der Waals surface area contributed by atoms with Crippen molar-refractivity contribution in [2.75, 3.05) is 32.5 Å². The number of allylic oxidation sites excluding steroid dienone is 1. The summed E-state index contributed by atoms with van der Waals surface area (Å²) in [6, 6.07) is 0. The van der Waals surface area contributed by atoms with Gasteiger partial charge in [-0.1, -0.05) is 72.5 Å². The third-order valence-corrected chi connectivity index (χ3v) is 13.4. The molecular formula is C34H60NO6P. The van der Waals surface area contributed by atoms with E-state index in [0.717, 1.165) is 54.8 Å². The molecule has 0 spiro atoms. The summed E-state index contributed by atoms with van der Waals surface area (Å²) in [6.07, 6.45) is 16.0. The van der Waals surface area contributed by atoms with Gasteiger partial charge in [0.2, 0.25) is 0 Å². The predicted octanol–water partition coefficient (Wildman–Crippen LogP) is 8.36. The Morgan fingerprint density at radius 1 is 1.07 bits per heavy atom. The van der Waals surface area contributed by atoms with Crippen LogP contribution < -0.4 is 5.32 Å². The van der Waals surface area contributed by atoms with Crippen LogP contribution in [0.1, 0.15) is 112 Å². The van der Waals surface area contributed by atoms with Gasteiger partial charge in [0, 0.05) is 19.1 Å². The number of alkyl carbamates (subject to hydrolysis) is 1. The molecule has 242 valence electrons. The van der Waals surface area contributed by atoms with Gasteiger partial charge in [-0.2, -0.15) is 0 Å². The minimum absolute atomic E-state index is 0.0575. The molecule has 0 heterocycles. The Bertz CT molecular complexity index is 985. The van der Waals surface area contributed by atoms with Gasteiger partial charge in [0.1, 0.15) is 6.10 Å². The van der Waals surface area contributed by atoms with Gasteiger partial charge in [0.05, 0.1) is 19.8 Å². The summed E-state index contributed by atoms with van der Waals surface area (Å²) in [5, 5.41) is 2.79. The van der Waals surface area contributed by atoms with E-state index in [1.165, 1.54) is 56.9 Å². The standard InChI is InChI=1S/C34H60NO6P/c1-7-42(37,38)40-22-21-39-20-19-35-32(36)41-27-15-17-33(5)26(23-27)11-12-28-30-14-13-29(25(4)10-8-9-24(2)3)34(30,6)18-16-31(28)33/h11,24-25,27-31H,7-10,12-23H2,1-6H3,(H,35,36)(H,37,38). The lowest BCUT2D eigenvalue weighted by Gasteiger charge is -2.58. The Morgan fingerprint density at radius 2 is 1.86 bits per heavy atom. The van der Waals surface area contributed by atoms with Crippen molar-refractivity contribution in [3.05, 3.63) is 11.6 Å². The molecule has 42 heavy (non-hydrogen) atoms. The van der Waals surface area contributed by atoms with E-state index in [0.29, 0.717) is 18.6 Å². The highest BCUT2D eigenvalue weighted by Crippen LogP contribution is 2.67. The largest absolute Gasteiger partial charge is 0.446 e. The second-order valence-corrected chi connectivity index (χ2v) is 17.1. The molecule has 8 heteroatoms. The van der Waals surface area contributed by atoms with Crippen LogP contribution in [0.3, 0.4) is 0 Å². The van der Waals surface area contributed by atoms with Crippen LogP contribution in [0.2, 0.25) is 0 Å².